The van der Waals surface area contributed by atoms with Crippen LogP contribution in [0.4, 0.5) is 0 Å². The molecule has 108 valence electrons. The Kier molecular flexibility index (Phi) is 6.56. The number of carbonyl (C=O) groups excluding carboxylic acids is 1. The Morgan fingerprint density at radius 2 is 2.25 bits per heavy atom. The molecular formula is C14H20N4O2. The fourth-order valence-electron chi connectivity index (χ4n) is 1.94. The maximum atomic E-state index is 12.1. The Morgan fingerprint density at radius 3 is 2.90 bits per heavy atom. The van der Waals surface area contributed by atoms with Gasteiger partial charge in [0.15, 0.2) is 0 Å². The topological polar surface area (TPSA) is 87.1 Å². The molecule has 1 N–H and O–H groups in total. The minimum Gasteiger partial charge on any atom is -0.465 e. The largest absolute Gasteiger partial charge is 0.465 e. The molecule has 0 aliphatic rings. The number of nitrogens with one attached hydrogen (secondary N) is 1. The lowest BCUT2D eigenvalue weighted by Crippen LogP contribution is -2.32. The molecule has 1 aromatic rings. The molecule has 20 heavy (non-hydrogen) atoms. The van der Waals surface area contributed by atoms with E-state index in [0.717, 1.165) is 16.7 Å². The first kappa shape index (κ1) is 16.0. The van der Waals surface area contributed by atoms with Gasteiger partial charge in [0.25, 0.3) is 0 Å². The second-order valence-corrected chi connectivity index (χ2v) is 4.38. The minimum absolute atomic E-state index is 0.289. The molecular weight excluding hydrogens is 256 g/mol. The number of hydrogen-bond acceptors (Lipinski definition) is 4. The zero-order valence-corrected chi connectivity index (χ0v) is 12.1. The lowest BCUT2D eigenvalue weighted by molar-refractivity contribution is -0.145. The van der Waals surface area contributed by atoms with Gasteiger partial charge in [0.1, 0.15) is 6.04 Å². The lowest BCUT2D eigenvalue weighted by Gasteiger charge is -2.20. The van der Waals surface area contributed by atoms with Crippen LogP contribution < -0.4 is 5.32 Å². The van der Waals surface area contributed by atoms with Gasteiger partial charge in [-0.15, -0.1) is 0 Å². The quantitative estimate of drug-likeness (QED) is 0.273. The van der Waals surface area contributed by atoms with Crippen LogP contribution in [0.3, 0.4) is 0 Å². The van der Waals surface area contributed by atoms with Crippen molar-refractivity contribution in [1.29, 1.82) is 0 Å². The van der Waals surface area contributed by atoms with Crippen molar-refractivity contribution in [1.82, 2.24) is 5.32 Å². The van der Waals surface area contributed by atoms with Crippen LogP contribution in [0.15, 0.2) is 23.3 Å². The SMILES string of the molecule is CCOC(=O)C(NCCN=[N+]=[N-])c1cccc(C)c1C. The predicted molar refractivity (Wildman–Crippen MR) is 77.3 cm³/mol. The number of aryl methyl sites for hydroxylation is 1. The second kappa shape index (κ2) is 8.19. The average Bonchev–Trinajstić information content (AvgIpc) is 2.43. The van der Waals surface area contributed by atoms with Crippen LogP contribution in [0.2, 0.25) is 0 Å². The third kappa shape index (κ3) is 4.26. The van der Waals surface area contributed by atoms with E-state index in [0.29, 0.717) is 13.2 Å². The van der Waals surface area contributed by atoms with E-state index in [1.807, 2.05) is 32.0 Å². The number of benzene rings is 1. The van der Waals surface area contributed by atoms with E-state index in [9.17, 15) is 4.79 Å². The highest BCUT2D eigenvalue weighted by Crippen LogP contribution is 2.21. The Hall–Kier alpha value is -2.04. The van der Waals surface area contributed by atoms with Gasteiger partial charge in [0.2, 0.25) is 0 Å². The minimum atomic E-state index is -0.538. The van der Waals surface area contributed by atoms with Crippen LogP contribution in [-0.4, -0.2) is 25.7 Å². The number of azide groups is 1. The van der Waals surface area contributed by atoms with Gasteiger partial charge in [0.05, 0.1) is 6.61 Å². The van der Waals surface area contributed by atoms with E-state index >= 15 is 0 Å². The standard InChI is InChI=1S/C14H20N4O2/c1-4-20-14(19)13(16-8-9-17-18-15)12-7-5-6-10(2)11(12)3/h5-7,13,16H,4,8-9H2,1-3H3. The molecule has 0 aromatic heterocycles. The zero-order chi connectivity index (χ0) is 15.0. The summed E-state index contributed by atoms with van der Waals surface area (Å²) in [4.78, 5) is 14.8. The van der Waals surface area contributed by atoms with E-state index < -0.39 is 6.04 Å². The molecule has 0 aliphatic heterocycles. The third-order valence-corrected chi connectivity index (χ3v) is 3.10. The van der Waals surface area contributed by atoms with Crippen molar-refractivity contribution >= 4 is 5.97 Å². The number of rotatable bonds is 7. The van der Waals surface area contributed by atoms with E-state index in [2.05, 4.69) is 15.3 Å². The highest BCUT2D eigenvalue weighted by molar-refractivity contribution is 5.78. The summed E-state index contributed by atoms with van der Waals surface area (Å²) in [6, 6.07) is 5.29. The summed E-state index contributed by atoms with van der Waals surface area (Å²) in [6.07, 6.45) is 0. The molecule has 0 heterocycles. The highest BCUT2D eigenvalue weighted by atomic mass is 16.5. The van der Waals surface area contributed by atoms with Crippen molar-refractivity contribution in [3.63, 3.8) is 0 Å². The molecule has 6 nitrogen and oxygen atoms in total. The van der Waals surface area contributed by atoms with E-state index in [-0.39, 0.29) is 12.5 Å². The van der Waals surface area contributed by atoms with Crippen molar-refractivity contribution in [3.8, 4) is 0 Å². The van der Waals surface area contributed by atoms with Crippen molar-refractivity contribution in [2.45, 2.75) is 26.8 Å². The summed E-state index contributed by atoms with van der Waals surface area (Å²) >= 11 is 0. The molecule has 0 amide bonds. The zero-order valence-electron chi connectivity index (χ0n) is 12.1. The fraction of sp³-hybridized carbons (Fsp3) is 0.500. The van der Waals surface area contributed by atoms with Crippen LogP contribution in [0.25, 0.3) is 10.4 Å². The first-order chi connectivity index (χ1) is 9.61. The first-order valence-corrected chi connectivity index (χ1v) is 6.58. The number of carbonyl (C=O) groups is 1. The van der Waals surface area contributed by atoms with Crippen LogP contribution in [-0.2, 0) is 9.53 Å². The monoisotopic (exact) mass is 276 g/mol. The van der Waals surface area contributed by atoms with Gasteiger partial charge in [-0.1, -0.05) is 23.3 Å². The Morgan fingerprint density at radius 1 is 1.50 bits per heavy atom. The van der Waals surface area contributed by atoms with Crippen molar-refractivity contribution in [3.05, 3.63) is 45.3 Å². The molecule has 0 radical (unpaired) electrons. The summed E-state index contributed by atoms with van der Waals surface area (Å²) in [5.41, 5.74) is 11.3. The van der Waals surface area contributed by atoms with Gasteiger partial charge in [0, 0.05) is 18.0 Å². The van der Waals surface area contributed by atoms with Crippen molar-refractivity contribution in [2.75, 3.05) is 19.7 Å². The molecule has 6 heteroatoms. The van der Waals surface area contributed by atoms with E-state index in [4.69, 9.17) is 10.3 Å². The first-order valence-electron chi connectivity index (χ1n) is 6.58. The summed E-state index contributed by atoms with van der Waals surface area (Å²) < 4.78 is 5.11. The van der Waals surface area contributed by atoms with Crippen LogP contribution in [0.5, 0.6) is 0 Å². The van der Waals surface area contributed by atoms with Gasteiger partial charge in [-0.2, -0.15) is 0 Å². The normalized spacial score (nSPS) is 11.6. The van der Waals surface area contributed by atoms with Crippen LogP contribution >= 0.6 is 0 Å². The highest BCUT2D eigenvalue weighted by Gasteiger charge is 2.23. The number of nitrogens with zero attached hydrogens (tertiary/aromatic N) is 3. The maximum absolute atomic E-state index is 12.1. The van der Waals surface area contributed by atoms with Crippen LogP contribution in [0.1, 0.15) is 29.7 Å². The maximum Gasteiger partial charge on any atom is 0.327 e. The molecule has 0 spiro atoms. The molecule has 1 rings (SSSR count). The molecule has 0 aliphatic carbocycles. The predicted octanol–water partition coefficient (Wildman–Crippen LogP) is 2.81. The summed E-state index contributed by atoms with van der Waals surface area (Å²) in [7, 11) is 0. The lowest BCUT2D eigenvalue weighted by atomic mass is 9.97. The molecule has 1 atom stereocenters. The van der Waals surface area contributed by atoms with Gasteiger partial charge in [-0.3, -0.25) is 0 Å². The molecule has 0 bridgehead atoms. The summed E-state index contributed by atoms with van der Waals surface area (Å²) in [6.45, 7) is 6.79. The Bertz CT molecular complexity index is 510. The average molecular weight is 276 g/mol. The third-order valence-electron chi connectivity index (χ3n) is 3.10. The van der Waals surface area contributed by atoms with E-state index in [1.54, 1.807) is 6.92 Å². The number of esters is 1. The number of hydrogen-bond donors (Lipinski definition) is 1. The number of ether oxygens (including phenoxy) is 1. The Balaban J connectivity index is 2.94. The van der Waals surface area contributed by atoms with Gasteiger partial charge in [-0.25, -0.2) is 4.79 Å². The molecule has 0 fully saturated rings. The second-order valence-electron chi connectivity index (χ2n) is 4.38. The van der Waals surface area contributed by atoms with Crippen molar-refractivity contribution < 1.29 is 9.53 Å². The summed E-state index contributed by atoms with van der Waals surface area (Å²) in [5, 5.41) is 6.53. The van der Waals surface area contributed by atoms with E-state index in [1.165, 1.54) is 0 Å². The summed E-state index contributed by atoms with van der Waals surface area (Å²) in [5.74, 6) is -0.317. The van der Waals surface area contributed by atoms with Crippen molar-refractivity contribution in [2.24, 2.45) is 5.11 Å². The fourth-order valence-corrected chi connectivity index (χ4v) is 1.94. The van der Waals surface area contributed by atoms with Crippen LogP contribution in [0, 0.1) is 13.8 Å². The van der Waals surface area contributed by atoms with Gasteiger partial charge < -0.3 is 10.1 Å². The molecule has 0 saturated carbocycles. The Labute approximate surface area is 118 Å². The molecule has 1 unspecified atom stereocenters. The smallest absolute Gasteiger partial charge is 0.327 e. The molecule has 1 aromatic carbocycles. The molecule has 0 saturated heterocycles. The van der Waals surface area contributed by atoms with Gasteiger partial charge >= 0.3 is 5.97 Å². The van der Waals surface area contributed by atoms with Gasteiger partial charge in [-0.05, 0) is 43.0 Å².